The minimum Gasteiger partial charge on any atom is -0.475 e. The average molecular weight is 265 g/mol. The quantitative estimate of drug-likeness (QED) is 0.874. The first-order valence-corrected chi connectivity index (χ1v) is 7.00. The lowest BCUT2D eigenvalue weighted by Crippen LogP contribution is -2.29. The highest BCUT2D eigenvalue weighted by Crippen LogP contribution is 2.22. The van der Waals surface area contributed by atoms with Crippen molar-refractivity contribution in [2.45, 2.75) is 64.7 Å². The topological polar surface area (TPSA) is 67.3 Å². The highest BCUT2D eigenvalue weighted by Gasteiger charge is 2.20. The number of anilines is 1. The van der Waals surface area contributed by atoms with Crippen LogP contribution in [0.2, 0.25) is 0 Å². The molecule has 0 unspecified atom stereocenters. The maximum Gasteiger partial charge on any atom is 0.226 e. The molecule has 19 heavy (non-hydrogen) atoms. The molecule has 1 aromatic rings. The fraction of sp³-hybridized carbons (Fsp3) is 0.714. The number of hydrogen-bond acceptors (Lipinski definition) is 5. The van der Waals surface area contributed by atoms with Gasteiger partial charge in [-0.05, 0) is 46.5 Å². The maximum absolute atomic E-state index is 9.50. The van der Waals surface area contributed by atoms with Gasteiger partial charge < -0.3 is 15.2 Å². The lowest BCUT2D eigenvalue weighted by molar-refractivity contribution is 0.126. The molecule has 106 valence electrons. The number of hydrogen-bond donors (Lipinski definition) is 2. The van der Waals surface area contributed by atoms with Gasteiger partial charge in [0.05, 0.1) is 12.2 Å². The standard InChI is InChI=1S/C14H23N3O2/c1-9(2)19-13-8-10(3)15-14(17-13)16-11-4-6-12(18)7-5-11/h8-9,11-12,18H,4-7H2,1-3H3,(H,15,16,17). The molecule has 1 heterocycles. The van der Waals surface area contributed by atoms with Gasteiger partial charge in [-0.15, -0.1) is 0 Å². The number of aliphatic hydroxyl groups is 1. The van der Waals surface area contributed by atoms with Crippen molar-refractivity contribution in [2.24, 2.45) is 0 Å². The van der Waals surface area contributed by atoms with E-state index in [9.17, 15) is 5.11 Å². The molecule has 5 nitrogen and oxygen atoms in total. The number of nitrogens with zero attached hydrogens (tertiary/aromatic N) is 2. The summed E-state index contributed by atoms with van der Waals surface area (Å²) in [4.78, 5) is 8.77. The van der Waals surface area contributed by atoms with E-state index in [-0.39, 0.29) is 12.2 Å². The third-order valence-electron chi connectivity index (χ3n) is 3.22. The van der Waals surface area contributed by atoms with E-state index in [1.165, 1.54) is 0 Å². The summed E-state index contributed by atoms with van der Waals surface area (Å²) in [6.07, 6.45) is 3.57. The molecule has 1 saturated carbocycles. The van der Waals surface area contributed by atoms with Crippen molar-refractivity contribution in [3.63, 3.8) is 0 Å². The number of aromatic nitrogens is 2. The summed E-state index contributed by atoms with van der Waals surface area (Å²) in [6, 6.07) is 2.19. The van der Waals surface area contributed by atoms with Crippen LogP contribution in [0.1, 0.15) is 45.2 Å². The van der Waals surface area contributed by atoms with Crippen LogP contribution in [-0.4, -0.2) is 33.3 Å². The van der Waals surface area contributed by atoms with E-state index in [1.807, 2.05) is 26.8 Å². The normalized spacial score (nSPS) is 23.4. The van der Waals surface area contributed by atoms with Crippen molar-refractivity contribution in [3.8, 4) is 5.88 Å². The molecular weight excluding hydrogens is 242 g/mol. The smallest absolute Gasteiger partial charge is 0.226 e. The highest BCUT2D eigenvalue weighted by molar-refractivity contribution is 5.32. The van der Waals surface area contributed by atoms with E-state index in [4.69, 9.17) is 4.74 Å². The fourth-order valence-corrected chi connectivity index (χ4v) is 2.31. The molecule has 0 atom stereocenters. The molecule has 2 rings (SSSR count). The molecule has 1 aromatic heterocycles. The van der Waals surface area contributed by atoms with Crippen molar-refractivity contribution in [1.82, 2.24) is 9.97 Å². The Bertz CT molecular complexity index is 415. The summed E-state index contributed by atoms with van der Waals surface area (Å²) in [7, 11) is 0. The van der Waals surface area contributed by atoms with Gasteiger partial charge in [-0.3, -0.25) is 0 Å². The van der Waals surface area contributed by atoms with Gasteiger partial charge in [0.25, 0.3) is 0 Å². The molecule has 1 aliphatic rings. The van der Waals surface area contributed by atoms with Gasteiger partial charge in [0.1, 0.15) is 0 Å². The Labute approximate surface area is 114 Å². The zero-order valence-electron chi connectivity index (χ0n) is 11.9. The summed E-state index contributed by atoms with van der Waals surface area (Å²) in [6.45, 7) is 5.89. The number of aliphatic hydroxyl groups excluding tert-OH is 1. The molecule has 5 heteroatoms. The van der Waals surface area contributed by atoms with Crippen molar-refractivity contribution in [1.29, 1.82) is 0 Å². The van der Waals surface area contributed by atoms with Crippen LogP contribution in [0.4, 0.5) is 5.95 Å². The Kier molecular flexibility index (Phi) is 4.58. The van der Waals surface area contributed by atoms with Gasteiger partial charge in [-0.2, -0.15) is 4.98 Å². The predicted molar refractivity (Wildman–Crippen MR) is 74.4 cm³/mol. The maximum atomic E-state index is 9.50. The number of ether oxygens (including phenoxy) is 1. The Morgan fingerprint density at radius 3 is 2.58 bits per heavy atom. The van der Waals surface area contributed by atoms with Crippen LogP contribution in [0.15, 0.2) is 6.07 Å². The van der Waals surface area contributed by atoms with Gasteiger partial charge in [-0.25, -0.2) is 4.98 Å². The van der Waals surface area contributed by atoms with Crippen LogP contribution in [0.3, 0.4) is 0 Å². The van der Waals surface area contributed by atoms with Crippen LogP contribution in [0, 0.1) is 6.92 Å². The number of rotatable bonds is 4. The van der Waals surface area contributed by atoms with Crippen LogP contribution in [-0.2, 0) is 0 Å². The monoisotopic (exact) mass is 265 g/mol. The van der Waals surface area contributed by atoms with E-state index >= 15 is 0 Å². The van der Waals surface area contributed by atoms with Gasteiger partial charge >= 0.3 is 0 Å². The largest absolute Gasteiger partial charge is 0.475 e. The second-order valence-electron chi connectivity index (χ2n) is 5.49. The molecule has 0 amide bonds. The summed E-state index contributed by atoms with van der Waals surface area (Å²) in [5.74, 6) is 1.23. The lowest BCUT2D eigenvalue weighted by Gasteiger charge is -2.26. The van der Waals surface area contributed by atoms with Crippen molar-refractivity contribution >= 4 is 5.95 Å². The molecule has 0 radical (unpaired) electrons. The van der Waals surface area contributed by atoms with Gasteiger partial charge in [0.15, 0.2) is 0 Å². The molecule has 1 aliphatic carbocycles. The Hall–Kier alpha value is -1.36. The minimum atomic E-state index is -0.142. The first-order chi connectivity index (χ1) is 9.02. The first-order valence-electron chi connectivity index (χ1n) is 7.00. The molecule has 0 bridgehead atoms. The van der Waals surface area contributed by atoms with Crippen molar-refractivity contribution in [3.05, 3.63) is 11.8 Å². The Morgan fingerprint density at radius 2 is 1.95 bits per heavy atom. The van der Waals surface area contributed by atoms with Crippen molar-refractivity contribution < 1.29 is 9.84 Å². The summed E-state index contributed by atoms with van der Waals surface area (Å²) in [5.41, 5.74) is 0.893. The van der Waals surface area contributed by atoms with E-state index in [2.05, 4.69) is 15.3 Å². The SMILES string of the molecule is Cc1cc(OC(C)C)nc(NC2CCC(O)CC2)n1. The van der Waals surface area contributed by atoms with Crippen LogP contribution in [0.25, 0.3) is 0 Å². The van der Waals surface area contributed by atoms with E-state index < -0.39 is 0 Å². The van der Waals surface area contributed by atoms with Gasteiger partial charge in [0, 0.05) is 17.8 Å². The summed E-state index contributed by atoms with van der Waals surface area (Å²) < 4.78 is 5.61. The summed E-state index contributed by atoms with van der Waals surface area (Å²) in [5, 5.41) is 12.8. The van der Waals surface area contributed by atoms with Crippen LogP contribution < -0.4 is 10.1 Å². The van der Waals surface area contributed by atoms with Gasteiger partial charge in [0.2, 0.25) is 11.8 Å². The van der Waals surface area contributed by atoms with E-state index in [1.54, 1.807) is 0 Å². The first kappa shape index (κ1) is 14.1. The molecule has 0 aliphatic heterocycles. The second kappa shape index (κ2) is 6.19. The van der Waals surface area contributed by atoms with Crippen LogP contribution >= 0.6 is 0 Å². The zero-order valence-corrected chi connectivity index (χ0v) is 11.9. The molecular formula is C14H23N3O2. The molecule has 1 fully saturated rings. The number of nitrogens with one attached hydrogen (secondary N) is 1. The molecule has 0 spiro atoms. The second-order valence-corrected chi connectivity index (χ2v) is 5.49. The third-order valence-corrected chi connectivity index (χ3v) is 3.22. The summed E-state index contributed by atoms with van der Waals surface area (Å²) >= 11 is 0. The van der Waals surface area contributed by atoms with Gasteiger partial charge in [-0.1, -0.05) is 0 Å². The van der Waals surface area contributed by atoms with E-state index in [0.717, 1.165) is 31.4 Å². The molecule has 2 N–H and O–H groups in total. The fourth-order valence-electron chi connectivity index (χ4n) is 2.31. The van der Waals surface area contributed by atoms with E-state index in [0.29, 0.717) is 17.9 Å². The number of aryl methyl sites for hydroxylation is 1. The molecule has 0 aromatic carbocycles. The predicted octanol–water partition coefficient (Wildman–Crippen LogP) is 2.29. The van der Waals surface area contributed by atoms with Crippen LogP contribution in [0.5, 0.6) is 5.88 Å². The highest BCUT2D eigenvalue weighted by atomic mass is 16.5. The zero-order chi connectivity index (χ0) is 13.8. The Balaban J connectivity index is 2.01. The lowest BCUT2D eigenvalue weighted by atomic mass is 9.93. The third kappa shape index (κ3) is 4.35. The average Bonchev–Trinajstić information content (AvgIpc) is 2.30. The Morgan fingerprint density at radius 1 is 1.26 bits per heavy atom. The minimum absolute atomic E-state index is 0.104. The molecule has 0 saturated heterocycles. The van der Waals surface area contributed by atoms with Crippen molar-refractivity contribution in [2.75, 3.05) is 5.32 Å².